The molecule has 0 fully saturated rings. The second-order valence-electron chi connectivity index (χ2n) is 4.62. The van der Waals surface area contributed by atoms with Crippen LogP contribution in [0.5, 0.6) is 0 Å². The first kappa shape index (κ1) is 16.5. The monoisotopic (exact) mass is 250 g/mol. The minimum absolute atomic E-state index is 0.0673. The third kappa shape index (κ3) is 6.94. The van der Waals surface area contributed by atoms with Crippen LogP contribution < -0.4 is 5.32 Å². The molecule has 1 N–H and O–H groups in total. The van der Waals surface area contributed by atoms with Gasteiger partial charge in [-0.1, -0.05) is 32.1 Å². The molecule has 0 aliphatic carbocycles. The highest BCUT2D eigenvalue weighted by molar-refractivity contribution is 5.87. The summed E-state index contributed by atoms with van der Waals surface area (Å²) in [6.07, 6.45) is 9.34. The Bertz CT molecular complexity index is 327. The molecule has 3 heteroatoms. The fraction of sp³-hybridized carbons (Fsp3) is 0.533. The molecule has 0 aromatic heterocycles. The highest BCUT2D eigenvalue weighted by Gasteiger charge is 2.13. The maximum absolute atomic E-state index is 12.0. The van der Waals surface area contributed by atoms with Gasteiger partial charge in [0.15, 0.2) is 0 Å². The lowest BCUT2D eigenvalue weighted by Gasteiger charge is -2.24. The van der Waals surface area contributed by atoms with Crippen molar-refractivity contribution in [3.05, 3.63) is 36.1 Å². The molecule has 0 spiro atoms. The highest BCUT2D eigenvalue weighted by atomic mass is 16.2. The quantitative estimate of drug-likeness (QED) is 0.556. The lowest BCUT2D eigenvalue weighted by atomic mass is 10.1. The number of allylic oxidation sites excluding steroid dienone is 2. The van der Waals surface area contributed by atoms with Crippen LogP contribution in [0.1, 0.15) is 27.7 Å². The van der Waals surface area contributed by atoms with Crippen LogP contribution in [0.2, 0.25) is 0 Å². The fourth-order valence-electron chi connectivity index (χ4n) is 1.69. The number of rotatable bonds is 7. The Kier molecular flexibility index (Phi) is 8.71. The van der Waals surface area contributed by atoms with Crippen molar-refractivity contribution in [2.75, 3.05) is 20.1 Å². The van der Waals surface area contributed by atoms with Gasteiger partial charge in [0.2, 0.25) is 5.91 Å². The van der Waals surface area contributed by atoms with E-state index in [-0.39, 0.29) is 5.91 Å². The second kappa shape index (κ2) is 9.51. The number of nitrogens with zero attached hydrogens (tertiary/aromatic N) is 1. The van der Waals surface area contributed by atoms with Crippen molar-refractivity contribution in [1.29, 1.82) is 0 Å². The van der Waals surface area contributed by atoms with Gasteiger partial charge in [-0.3, -0.25) is 4.79 Å². The van der Waals surface area contributed by atoms with Crippen molar-refractivity contribution < 1.29 is 4.79 Å². The fourth-order valence-corrected chi connectivity index (χ4v) is 1.69. The summed E-state index contributed by atoms with van der Waals surface area (Å²) in [5, 5.41) is 3.01. The van der Waals surface area contributed by atoms with Crippen LogP contribution in [0.4, 0.5) is 0 Å². The van der Waals surface area contributed by atoms with E-state index < -0.39 is 0 Å². The van der Waals surface area contributed by atoms with E-state index in [1.807, 2.05) is 44.1 Å². The Balaban J connectivity index is 4.85. The molecule has 0 saturated carbocycles. The van der Waals surface area contributed by atoms with E-state index in [4.69, 9.17) is 0 Å². The first-order chi connectivity index (χ1) is 8.54. The van der Waals surface area contributed by atoms with Crippen molar-refractivity contribution in [2.45, 2.75) is 27.7 Å². The predicted octanol–water partition coefficient (Wildman–Crippen LogP) is 2.73. The molecule has 1 amide bonds. The standard InChI is InChI=1S/C15H26N2O/c1-6-8-14(10-16-5)12-17(11-13(3)4)15(18)9-7-2/h6-10,13,16H,11-12H2,1-5H3/b8-6-,9-7+,14-10+. The third-order valence-electron chi connectivity index (χ3n) is 2.29. The van der Waals surface area contributed by atoms with Crippen LogP contribution >= 0.6 is 0 Å². The number of amides is 1. The molecule has 0 radical (unpaired) electrons. The Morgan fingerprint density at radius 2 is 1.83 bits per heavy atom. The second-order valence-corrected chi connectivity index (χ2v) is 4.62. The number of carbonyl (C=O) groups is 1. The first-order valence-corrected chi connectivity index (χ1v) is 6.45. The van der Waals surface area contributed by atoms with Gasteiger partial charge in [0.25, 0.3) is 0 Å². The molecule has 102 valence electrons. The summed E-state index contributed by atoms with van der Waals surface area (Å²) in [6, 6.07) is 0. The molecule has 0 aromatic rings. The number of hydrogen-bond acceptors (Lipinski definition) is 2. The van der Waals surface area contributed by atoms with E-state index in [2.05, 4.69) is 19.2 Å². The predicted molar refractivity (Wildman–Crippen MR) is 78.2 cm³/mol. The molecule has 0 unspecified atom stereocenters. The van der Waals surface area contributed by atoms with Crippen LogP contribution in [-0.4, -0.2) is 30.9 Å². The molecule has 18 heavy (non-hydrogen) atoms. The molecular weight excluding hydrogens is 224 g/mol. The van der Waals surface area contributed by atoms with E-state index in [0.29, 0.717) is 12.5 Å². The van der Waals surface area contributed by atoms with Gasteiger partial charge in [-0.2, -0.15) is 0 Å². The van der Waals surface area contributed by atoms with Crippen LogP contribution in [0.25, 0.3) is 0 Å². The summed E-state index contributed by atoms with van der Waals surface area (Å²) in [4.78, 5) is 13.9. The molecular formula is C15H26N2O. The van der Waals surface area contributed by atoms with E-state index in [1.54, 1.807) is 12.2 Å². The van der Waals surface area contributed by atoms with Gasteiger partial charge in [-0.15, -0.1) is 0 Å². The molecule has 0 bridgehead atoms. The van der Waals surface area contributed by atoms with Crippen LogP contribution in [0, 0.1) is 5.92 Å². The first-order valence-electron chi connectivity index (χ1n) is 6.45. The topological polar surface area (TPSA) is 32.3 Å². The van der Waals surface area contributed by atoms with Crippen molar-refractivity contribution in [3.8, 4) is 0 Å². The van der Waals surface area contributed by atoms with Crippen molar-refractivity contribution >= 4 is 5.91 Å². The molecule has 0 atom stereocenters. The van der Waals surface area contributed by atoms with Crippen LogP contribution in [0.15, 0.2) is 36.1 Å². The minimum atomic E-state index is 0.0673. The molecule has 0 rings (SSSR count). The van der Waals surface area contributed by atoms with E-state index in [1.165, 1.54) is 0 Å². The zero-order valence-electron chi connectivity index (χ0n) is 12.2. The normalized spacial score (nSPS) is 12.7. The number of hydrogen-bond donors (Lipinski definition) is 1. The van der Waals surface area contributed by atoms with E-state index in [0.717, 1.165) is 12.1 Å². The molecule has 0 aromatic carbocycles. The molecule has 0 aliphatic rings. The van der Waals surface area contributed by atoms with Gasteiger partial charge >= 0.3 is 0 Å². The summed E-state index contributed by atoms with van der Waals surface area (Å²) < 4.78 is 0. The Morgan fingerprint density at radius 1 is 1.22 bits per heavy atom. The van der Waals surface area contributed by atoms with Crippen molar-refractivity contribution in [1.82, 2.24) is 10.2 Å². The third-order valence-corrected chi connectivity index (χ3v) is 2.29. The Labute approximate surface area is 111 Å². The van der Waals surface area contributed by atoms with Crippen LogP contribution in [0.3, 0.4) is 0 Å². The lowest BCUT2D eigenvalue weighted by Crippen LogP contribution is -2.34. The molecule has 0 heterocycles. The van der Waals surface area contributed by atoms with E-state index >= 15 is 0 Å². The summed E-state index contributed by atoms with van der Waals surface area (Å²) in [6.45, 7) is 9.47. The van der Waals surface area contributed by atoms with Gasteiger partial charge in [0, 0.05) is 26.3 Å². The van der Waals surface area contributed by atoms with Crippen molar-refractivity contribution in [2.24, 2.45) is 5.92 Å². The SMILES string of the molecule is C/C=C\C(=C/NC)CN(CC(C)C)C(=O)/C=C/C. The smallest absolute Gasteiger partial charge is 0.246 e. The molecule has 0 saturated heterocycles. The summed E-state index contributed by atoms with van der Waals surface area (Å²) in [5.41, 5.74) is 1.10. The molecule has 0 aliphatic heterocycles. The summed E-state index contributed by atoms with van der Waals surface area (Å²) in [5.74, 6) is 0.526. The Hall–Kier alpha value is -1.51. The summed E-state index contributed by atoms with van der Waals surface area (Å²) >= 11 is 0. The van der Waals surface area contributed by atoms with Gasteiger partial charge in [-0.25, -0.2) is 0 Å². The largest absolute Gasteiger partial charge is 0.394 e. The number of nitrogens with one attached hydrogen (secondary N) is 1. The van der Waals surface area contributed by atoms with Gasteiger partial charge in [0.05, 0.1) is 0 Å². The average Bonchev–Trinajstić information content (AvgIpc) is 2.28. The minimum Gasteiger partial charge on any atom is -0.394 e. The maximum Gasteiger partial charge on any atom is 0.246 e. The van der Waals surface area contributed by atoms with Gasteiger partial charge in [-0.05, 0) is 31.4 Å². The van der Waals surface area contributed by atoms with Crippen molar-refractivity contribution in [3.63, 3.8) is 0 Å². The lowest BCUT2D eigenvalue weighted by molar-refractivity contribution is -0.126. The van der Waals surface area contributed by atoms with Gasteiger partial charge < -0.3 is 10.2 Å². The maximum atomic E-state index is 12.0. The molecule has 3 nitrogen and oxygen atoms in total. The van der Waals surface area contributed by atoms with Gasteiger partial charge in [0.1, 0.15) is 0 Å². The van der Waals surface area contributed by atoms with E-state index in [9.17, 15) is 4.79 Å². The average molecular weight is 250 g/mol. The summed E-state index contributed by atoms with van der Waals surface area (Å²) in [7, 11) is 1.87. The highest BCUT2D eigenvalue weighted by Crippen LogP contribution is 2.06. The zero-order valence-corrected chi connectivity index (χ0v) is 12.2. The van der Waals surface area contributed by atoms with Crippen LogP contribution in [-0.2, 0) is 4.79 Å². The number of carbonyl (C=O) groups excluding carboxylic acids is 1. The Morgan fingerprint density at radius 3 is 2.28 bits per heavy atom. The zero-order chi connectivity index (χ0) is 14.0.